The van der Waals surface area contributed by atoms with Crippen LogP contribution in [0.1, 0.15) is 12.8 Å². The van der Waals surface area contributed by atoms with Crippen molar-refractivity contribution in [1.29, 1.82) is 0 Å². The van der Waals surface area contributed by atoms with Gasteiger partial charge >= 0.3 is 5.97 Å². The highest BCUT2D eigenvalue weighted by Crippen LogP contribution is 2.26. The van der Waals surface area contributed by atoms with E-state index in [0.29, 0.717) is 6.42 Å². The van der Waals surface area contributed by atoms with Crippen molar-refractivity contribution < 1.29 is 27.1 Å². The van der Waals surface area contributed by atoms with Crippen LogP contribution in [0.2, 0.25) is 0 Å². The lowest BCUT2D eigenvalue weighted by atomic mass is 10.3. The molecule has 0 atom stereocenters. The molecule has 0 spiro atoms. The van der Waals surface area contributed by atoms with Gasteiger partial charge in [-0.05, 0) is 10.5 Å². The number of hydrogen-bond acceptors (Lipinski definition) is 2. The maximum absolute atomic E-state index is 13.1. The van der Waals surface area contributed by atoms with Crippen molar-refractivity contribution in [2.75, 3.05) is 0 Å². The van der Waals surface area contributed by atoms with E-state index in [-0.39, 0.29) is 12.5 Å². The summed E-state index contributed by atoms with van der Waals surface area (Å²) in [5, 5.41) is 0. The van der Waals surface area contributed by atoms with Crippen molar-refractivity contribution in [2.45, 2.75) is 12.8 Å². The Morgan fingerprint density at radius 3 is 2.28 bits per heavy atom. The van der Waals surface area contributed by atoms with E-state index in [1.54, 1.807) is 10.2 Å². The lowest BCUT2D eigenvalue weighted by Gasteiger charge is -2.07. The maximum Gasteiger partial charge on any atom is 0.311 e. The molecule has 7 heteroatoms. The minimum atomic E-state index is -1.73. The van der Waals surface area contributed by atoms with Crippen LogP contribution in [-0.2, 0) is 4.79 Å². The zero-order valence-corrected chi connectivity index (χ0v) is 11.0. The highest BCUT2D eigenvalue weighted by atomic mass is 127. The van der Waals surface area contributed by atoms with Crippen molar-refractivity contribution in [3.05, 3.63) is 39.5 Å². The fraction of sp³-hybridized carbons (Fsp3) is 0.182. The third-order valence-corrected chi connectivity index (χ3v) is 2.40. The third kappa shape index (κ3) is 3.69. The molecule has 0 aromatic heterocycles. The van der Waals surface area contributed by atoms with Crippen LogP contribution >= 0.6 is 22.6 Å². The first kappa shape index (κ1) is 14.9. The molecule has 18 heavy (non-hydrogen) atoms. The first-order valence-corrected chi connectivity index (χ1v) is 6.00. The molecular formula is C11H7F4IO2. The summed E-state index contributed by atoms with van der Waals surface area (Å²) in [6.45, 7) is 0. The fourth-order valence-corrected chi connectivity index (χ4v) is 1.43. The van der Waals surface area contributed by atoms with Gasteiger partial charge in [0.25, 0.3) is 0 Å². The molecule has 0 saturated carbocycles. The van der Waals surface area contributed by atoms with Gasteiger partial charge in [-0.25, -0.2) is 8.78 Å². The second-order valence-electron chi connectivity index (χ2n) is 3.17. The van der Waals surface area contributed by atoms with E-state index in [4.69, 9.17) is 0 Å². The molecule has 1 aromatic rings. The van der Waals surface area contributed by atoms with Gasteiger partial charge in [0.1, 0.15) is 0 Å². The van der Waals surface area contributed by atoms with Gasteiger partial charge in [-0.3, -0.25) is 4.79 Å². The minimum absolute atomic E-state index is 0.0425. The molecule has 0 N–H and O–H groups in total. The van der Waals surface area contributed by atoms with Crippen molar-refractivity contribution in [3.8, 4) is 5.75 Å². The van der Waals surface area contributed by atoms with E-state index in [1.165, 1.54) is 0 Å². The molecule has 0 unspecified atom stereocenters. The number of carbonyl (C=O) groups is 1. The standard InChI is InChI=1S/C11H7F4IO2/c12-6-5-7(13)10(15)11(9(6)14)18-8(17)3-1-2-4-16/h2,4-5H,1,3H2/b4-2+. The molecule has 0 aliphatic carbocycles. The Balaban J connectivity index is 2.87. The lowest BCUT2D eigenvalue weighted by molar-refractivity contribution is -0.134. The van der Waals surface area contributed by atoms with E-state index in [0.717, 1.165) is 0 Å². The molecule has 0 fully saturated rings. The van der Waals surface area contributed by atoms with Crippen LogP contribution in [0.5, 0.6) is 5.75 Å². The number of esters is 1. The van der Waals surface area contributed by atoms with Crippen LogP contribution in [0.3, 0.4) is 0 Å². The van der Waals surface area contributed by atoms with Gasteiger partial charge in [0.15, 0.2) is 11.6 Å². The number of halogens is 5. The Bertz CT molecular complexity index is 462. The molecule has 0 heterocycles. The number of hydrogen-bond donors (Lipinski definition) is 0. The first-order chi connectivity index (χ1) is 8.47. The Morgan fingerprint density at radius 1 is 1.22 bits per heavy atom. The van der Waals surface area contributed by atoms with Crippen LogP contribution in [0.4, 0.5) is 17.6 Å². The molecule has 0 aliphatic rings. The summed E-state index contributed by atoms with van der Waals surface area (Å²) < 4.78 is 57.7. The Kier molecular flexibility index (Phi) is 5.57. The van der Waals surface area contributed by atoms with Crippen LogP contribution < -0.4 is 4.74 Å². The van der Waals surface area contributed by atoms with Gasteiger partial charge in [-0.15, -0.1) is 0 Å². The van der Waals surface area contributed by atoms with Gasteiger partial charge in [-0.2, -0.15) is 8.78 Å². The average molecular weight is 374 g/mol. The van der Waals surface area contributed by atoms with Crippen LogP contribution in [-0.4, -0.2) is 5.97 Å². The number of carbonyl (C=O) groups excluding carboxylic acids is 1. The average Bonchev–Trinajstić information content (AvgIpc) is 2.32. The minimum Gasteiger partial charge on any atom is -0.420 e. The molecule has 0 aliphatic heterocycles. The topological polar surface area (TPSA) is 26.3 Å². The molecule has 2 nitrogen and oxygen atoms in total. The van der Waals surface area contributed by atoms with E-state index in [9.17, 15) is 22.4 Å². The summed E-state index contributed by atoms with van der Waals surface area (Å²) in [5.74, 6) is -9.03. The van der Waals surface area contributed by atoms with Crippen LogP contribution in [0.15, 0.2) is 16.2 Å². The summed E-state index contributed by atoms with van der Waals surface area (Å²) >= 11 is 1.93. The first-order valence-electron chi connectivity index (χ1n) is 4.76. The quantitative estimate of drug-likeness (QED) is 0.263. The van der Waals surface area contributed by atoms with Crippen LogP contribution in [0, 0.1) is 23.3 Å². The number of benzene rings is 1. The molecule has 0 radical (unpaired) electrons. The largest absolute Gasteiger partial charge is 0.420 e. The predicted octanol–water partition coefficient (Wildman–Crippen LogP) is 3.88. The highest BCUT2D eigenvalue weighted by Gasteiger charge is 2.22. The number of rotatable bonds is 4. The summed E-state index contributed by atoms with van der Waals surface area (Å²) in [7, 11) is 0. The maximum atomic E-state index is 13.1. The second-order valence-corrected chi connectivity index (χ2v) is 3.89. The molecule has 0 bridgehead atoms. The van der Waals surface area contributed by atoms with Crippen molar-refractivity contribution in [2.24, 2.45) is 0 Å². The normalized spacial score (nSPS) is 10.9. The summed E-state index contributed by atoms with van der Waals surface area (Å²) in [4.78, 5) is 11.2. The highest BCUT2D eigenvalue weighted by molar-refractivity contribution is 14.1. The Morgan fingerprint density at radius 2 is 1.78 bits per heavy atom. The van der Waals surface area contributed by atoms with Crippen molar-refractivity contribution in [1.82, 2.24) is 0 Å². The van der Waals surface area contributed by atoms with E-state index in [1.807, 2.05) is 22.6 Å². The fourth-order valence-electron chi connectivity index (χ4n) is 1.07. The Labute approximate surface area is 114 Å². The molecule has 0 saturated heterocycles. The Hall–Kier alpha value is -1.12. The number of allylic oxidation sites excluding steroid dienone is 1. The second kappa shape index (κ2) is 6.72. The molecule has 0 amide bonds. The SMILES string of the molecule is O=C(CC/C=C/I)Oc1c(F)c(F)cc(F)c1F. The van der Waals surface area contributed by atoms with Gasteiger partial charge < -0.3 is 4.74 Å². The van der Waals surface area contributed by atoms with E-state index < -0.39 is 35.0 Å². The molecule has 1 aromatic carbocycles. The van der Waals surface area contributed by atoms with Crippen molar-refractivity contribution >= 4 is 28.6 Å². The van der Waals surface area contributed by atoms with E-state index >= 15 is 0 Å². The summed E-state index contributed by atoms with van der Waals surface area (Å²) in [6, 6.07) is 0.0425. The van der Waals surface area contributed by atoms with Crippen LogP contribution in [0.25, 0.3) is 0 Å². The van der Waals surface area contributed by atoms with Gasteiger partial charge in [-0.1, -0.05) is 28.7 Å². The molecule has 98 valence electrons. The predicted molar refractivity (Wildman–Crippen MR) is 64.3 cm³/mol. The summed E-state index contributed by atoms with van der Waals surface area (Å²) in [6.07, 6.45) is 1.76. The van der Waals surface area contributed by atoms with Gasteiger partial charge in [0.05, 0.1) is 0 Å². The number of ether oxygens (including phenoxy) is 1. The summed E-state index contributed by atoms with van der Waals surface area (Å²) in [5.41, 5.74) is 0. The van der Waals surface area contributed by atoms with E-state index in [2.05, 4.69) is 4.74 Å². The van der Waals surface area contributed by atoms with Gasteiger partial charge in [0, 0.05) is 12.5 Å². The zero-order chi connectivity index (χ0) is 13.7. The zero-order valence-electron chi connectivity index (χ0n) is 8.85. The lowest BCUT2D eigenvalue weighted by Crippen LogP contribution is -2.11. The van der Waals surface area contributed by atoms with Crippen molar-refractivity contribution in [3.63, 3.8) is 0 Å². The molecule has 1 rings (SSSR count). The third-order valence-electron chi connectivity index (χ3n) is 1.89. The molecular weight excluding hydrogens is 367 g/mol. The smallest absolute Gasteiger partial charge is 0.311 e. The monoisotopic (exact) mass is 374 g/mol. The van der Waals surface area contributed by atoms with Gasteiger partial charge in [0.2, 0.25) is 17.4 Å².